The molecule has 4 rings (SSSR count). The molecule has 0 saturated carbocycles. The highest BCUT2D eigenvalue weighted by atomic mass is 123. The van der Waals surface area contributed by atoms with E-state index in [0.717, 1.165) is 29.9 Å². The Morgan fingerprint density at radius 3 is 2.68 bits per heavy atom. The van der Waals surface area contributed by atoms with Crippen molar-refractivity contribution in [3.8, 4) is 5.75 Å². The zero-order valence-electron chi connectivity index (χ0n) is 14.2. The summed E-state index contributed by atoms with van der Waals surface area (Å²) in [5.74, 6) is 1.04. The second kappa shape index (κ2) is 6.44. The van der Waals surface area contributed by atoms with Crippen LogP contribution in [0, 0.1) is 9.49 Å². The van der Waals surface area contributed by atoms with Crippen molar-refractivity contribution >= 4 is 34.2 Å². The number of hydrogen-bond acceptors (Lipinski definition) is 3. The van der Waals surface area contributed by atoms with Gasteiger partial charge in [0.25, 0.3) is 0 Å². The van der Waals surface area contributed by atoms with Crippen LogP contribution in [-0.4, -0.2) is 23.7 Å². The average Bonchev–Trinajstić information content (AvgIpc) is 3.02. The number of aryl methyl sites for hydroxylation is 1. The predicted octanol–water partition coefficient (Wildman–Crippen LogP) is 4.17. The van der Waals surface area contributed by atoms with Crippen molar-refractivity contribution in [3.63, 3.8) is 0 Å². The van der Waals surface area contributed by atoms with Crippen LogP contribution in [0.25, 0.3) is 0 Å². The smallest absolute Gasteiger partial charge is 0.240 e. The number of hydrazone groups is 1. The Labute approximate surface area is 161 Å². The van der Waals surface area contributed by atoms with Crippen LogP contribution in [0.2, 0.25) is 0 Å². The van der Waals surface area contributed by atoms with Crippen LogP contribution in [0.3, 0.4) is 0 Å². The largest absolute Gasteiger partial charge is 0.497 e. The zero-order valence-corrected chi connectivity index (χ0v) is 16.4. The first-order valence-corrected chi connectivity index (χ1v) is 9.47. The molecule has 0 spiro atoms. The van der Waals surface area contributed by atoms with Gasteiger partial charge in [-0.25, -0.2) is 5.01 Å². The quantitative estimate of drug-likeness (QED) is 0.656. The summed E-state index contributed by atoms with van der Waals surface area (Å²) < 4.78 is 6.46. The van der Waals surface area contributed by atoms with Gasteiger partial charge in [0.2, 0.25) is 5.91 Å². The molecule has 128 valence electrons. The minimum atomic E-state index is -0.0376. The molecule has 0 bridgehead atoms. The van der Waals surface area contributed by atoms with Gasteiger partial charge in [0.15, 0.2) is 0 Å². The molecule has 2 atom stereocenters. The van der Waals surface area contributed by atoms with E-state index in [1.165, 1.54) is 14.7 Å². The number of ether oxygens (including phenoxy) is 1. The van der Waals surface area contributed by atoms with Crippen molar-refractivity contribution in [2.45, 2.75) is 25.8 Å². The van der Waals surface area contributed by atoms with Crippen molar-refractivity contribution in [2.24, 2.45) is 11.0 Å². The van der Waals surface area contributed by atoms with Crippen LogP contribution in [0.4, 0.5) is 0 Å². The van der Waals surface area contributed by atoms with Gasteiger partial charge >= 0.3 is 0 Å². The number of fused-ring (bicyclic) bond motifs is 3. The van der Waals surface area contributed by atoms with Crippen LogP contribution < -0.4 is 4.74 Å². The predicted molar refractivity (Wildman–Crippen MR) is 106 cm³/mol. The number of halogens is 1. The number of carbonyl (C=O) groups excluding carboxylic acids is 1. The number of rotatable bonds is 2. The molecule has 1 amide bonds. The molecule has 2 aromatic rings. The van der Waals surface area contributed by atoms with Crippen molar-refractivity contribution in [1.29, 1.82) is 0 Å². The Morgan fingerprint density at radius 2 is 2.00 bits per heavy atom. The summed E-state index contributed by atoms with van der Waals surface area (Å²) in [6.07, 6.45) is 2.03. The SMILES string of the molecule is COc1ccc([C@@H]2[C@@H]3CCc4ccc([123I])cc4C3=NN2C(C)=O)cc1. The van der Waals surface area contributed by atoms with E-state index in [2.05, 4.69) is 40.8 Å². The summed E-state index contributed by atoms with van der Waals surface area (Å²) in [4.78, 5) is 12.3. The number of amides is 1. The molecule has 2 aliphatic rings. The normalized spacial score (nSPS) is 21.4. The van der Waals surface area contributed by atoms with E-state index < -0.39 is 0 Å². The third-order valence-corrected chi connectivity index (χ3v) is 5.73. The van der Waals surface area contributed by atoms with E-state index >= 15 is 0 Å². The molecular weight excluding hydrogens is 423 g/mol. The van der Waals surface area contributed by atoms with Gasteiger partial charge in [-0.2, -0.15) is 5.10 Å². The molecule has 0 radical (unpaired) electrons. The third kappa shape index (κ3) is 2.84. The molecule has 2 aromatic carbocycles. The van der Waals surface area contributed by atoms with Crippen LogP contribution in [0.5, 0.6) is 5.75 Å². The highest BCUT2D eigenvalue weighted by Gasteiger charge is 2.42. The number of methoxy groups -OCH3 is 1. The average molecular weight is 442 g/mol. The Kier molecular flexibility index (Phi) is 4.27. The van der Waals surface area contributed by atoms with Crippen LogP contribution in [-0.2, 0) is 11.2 Å². The third-order valence-electron chi connectivity index (χ3n) is 5.06. The maximum Gasteiger partial charge on any atom is 0.240 e. The number of nitrogens with zero attached hydrogens (tertiary/aromatic N) is 2. The molecule has 0 saturated heterocycles. The zero-order chi connectivity index (χ0) is 17.6. The van der Waals surface area contributed by atoms with Crippen molar-refractivity contribution in [3.05, 3.63) is 62.7 Å². The van der Waals surface area contributed by atoms with Crippen LogP contribution in [0.15, 0.2) is 47.6 Å². The fraction of sp³-hybridized carbons (Fsp3) is 0.300. The summed E-state index contributed by atoms with van der Waals surface area (Å²) in [5.41, 5.74) is 4.68. The molecule has 0 fully saturated rings. The standard InChI is InChI=1S/C20H19IN2O2/c1-12(24)23-20(14-4-8-16(25-2)9-5-14)17-10-6-13-3-7-15(21)11-18(13)19(17)22-23/h3-5,7-9,11,17,20H,6,10H2,1-2H3/t17-,20-/m1/s1/i21-4. The van der Waals surface area contributed by atoms with Gasteiger partial charge in [-0.15, -0.1) is 0 Å². The van der Waals surface area contributed by atoms with Gasteiger partial charge < -0.3 is 4.74 Å². The highest BCUT2D eigenvalue weighted by molar-refractivity contribution is 14.1. The van der Waals surface area contributed by atoms with Crippen LogP contribution >= 0.6 is 22.6 Å². The Hall–Kier alpha value is -1.89. The summed E-state index contributed by atoms with van der Waals surface area (Å²) >= 11 is 2.33. The Balaban J connectivity index is 1.78. The first kappa shape index (κ1) is 16.6. The minimum absolute atomic E-state index is 0.0186. The molecule has 0 N–H and O–H groups in total. The lowest BCUT2D eigenvalue weighted by atomic mass is 9.77. The van der Waals surface area contributed by atoms with Gasteiger partial charge in [-0.3, -0.25) is 4.79 Å². The first-order chi connectivity index (χ1) is 12.1. The maximum absolute atomic E-state index is 12.3. The van der Waals surface area contributed by atoms with Gasteiger partial charge in [0, 0.05) is 22.0 Å². The molecule has 1 aliphatic heterocycles. The molecule has 5 heteroatoms. The summed E-state index contributed by atoms with van der Waals surface area (Å²) in [6, 6.07) is 14.5. The van der Waals surface area contributed by atoms with E-state index in [0.29, 0.717) is 0 Å². The molecule has 0 aromatic heterocycles. The van der Waals surface area contributed by atoms with E-state index in [9.17, 15) is 4.79 Å². The van der Waals surface area contributed by atoms with Gasteiger partial charge in [-0.05, 0) is 70.8 Å². The van der Waals surface area contributed by atoms with E-state index in [1.807, 2.05) is 24.3 Å². The second-order valence-electron chi connectivity index (χ2n) is 6.51. The second-order valence-corrected chi connectivity index (χ2v) is 7.76. The Bertz CT molecular complexity index is 860. The maximum atomic E-state index is 12.3. The van der Waals surface area contributed by atoms with Crippen molar-refractivity contribution < 1.29 is 9.53 Å². The summed E-state index contributed by atoms with van der Waals surface area (Å²) in [6.45, 7) is 1.59. The first-order valence-electron chi connectivity index (χ1n) is 8.39. The summed E-state index contributed by atoms with van der Waals surface area (Å²) in [7, 11) is 1.66. The molecule has 25 heavy (non-hydrogen) atoms. The van der Waals surface area contributed by atoms with E-state index in [1.54, 1.807) is 19.0 Å². The molecule has 1 aliphatic carbocycles. The Morgan fingerprint density at radius 1 is 1.24 bits per heavy atom. The lowest BCUT2D eigenvalue weighted by molar-refractivity contribution is -0.131. The topological polar surface area (TPSA) is 41.9 Å². The van der Waals surface area contributed by atoms with Crippen molar-refractivity contribution in [2.75, 3.05) is 7.11 Å². The number of carbonyl (C=O) groups is 1. The molecule has 1 heterocycles. The molecule has 0 unspecified atom stereocenters. The fourth-order valence-corrected chi connectivity index (χ4v) is 4.37. The monoisotopic (exact) mass is 442 g/mol. The van der Waals surface area contributed by atoms with Gasteiger partial charge in [0.05, 0.1) is 18.9 Å². The van der Waals surface area contributed by atoms with Crippen molar-refractivity contribution in [1.82, 2.24) is 5.01 Å². The minimum Gasteiger partial charge on any atom is -0.497 e. The number of hydrogen-bond donors (Lipinski definition) is 0. The molecular formula is C20H19IN2O2. The highest BCUT2D eigenvalue weighted by Crippen LogP contribution is 2.43. The molecule has 4 nitrogen and oxygen atoms in total. The lowest BCUT2D eigenvalue weighted by Crippen LogP contribution is -2.31. The lowest BCUT2D eigenvalue weighted by Gasteiger charge is -2.29. The van der Waals surface area contributed by atoms with E-state index in [-0.39, 0.29) is 17.9 Å². The van der Waals surface area contributed by atoms with Gasteiger partial charge in [-0.1, -0.05) is 18.2 Å². The van der Waals surface area contributed by atoms with Gasteiger partial charge in [0.1, 0.15) is 5.75 Å². The fourth-order valence-electron chi connectivity index (χ4n) is 3.88. The van der Waals surface area contributed by atoms with E-state index in [4.69, 9.17) is 9.84 Å². The number of benzene rings is 2. The van der Waals surface area contributed by atoms with Crippen LogP contribution in [0.1, 0.15) is 36.1 Å². The summed E-state index contributed by atoms with van der Waals surface area (Å²) in [5, 5.41) is 6.42.